The summed E-state index contributed by atoms with van der Waals surface area (Å²) in [4.78, 5) is 0. The molecule has 0 aromatic carbocycles. The van der Waals surface area contributed by atoms with Crippen LogP contribution in [-0.4, -0.2) is 49.0 Å². The average Bonchev–Trinajstić information content (AvgIpc) is 2.74. The highest BCUT2D eigenvalue weighted by Crippen LogP contribution is 2.12. The smallest absolute Gasteiger partial charge is 0.118 e. The number of methoxy groups -OCH3 is 1. The van der Waals surface area contributed by atoms with E-state index in [1.165, 1.54) is 0 Å². The van der Waals surface area contributed by atoms with E-state index in [1.54, 1.807) is 18.4 Å². The second-order valence-corrected chi connectivity index (χ2v) is 5.46. The van der Waals surface area contributed by atoms with E-state index in [-0.39, 0.29) is 0 Å². The van der Waals surface area contributed by atoms with Gasteiger partial charge in [0.15, 0.2) is 0 Å². The number of aromatic nitrogens is 2. The zero-order chi connectivity index (χ0) is 11.6. The van der Waals surface area contributed by atoms with Crippen LogP contribution in [0, 0.1) is 0 Å². The number of thioether (sulfide) groups is 1. The zero-order valence-corrected chi connectivity index (χ0v) is 11.5. The number of nitrogens with one attached hydrogen (secondary N) is 1. The molecule has 0 aliphatic heterocycles. The van der Waals surface area contributed by atoms with Crippen LogP contribution in [-0.2, 0) is 17.6 Å². The Morgan fingerprint density at radius 3 is 2.69 bits per heavy atom. The SMILES string of the molecule is COCCNCCc1nnc(CCSC)s1. The van der Waals surface area contributed by atoms with E-state index >= 15 is 0 Å². The van der Waals surface area contributed by atoms with Crippen molar-refractivity contribution in [3.05, 3.63) is 10.0 Å². The predicted octanol–water partition coefficient (Wildman–Crippen LogP) is 1.22. The standard InChI is InChI=1S/C10H19N3OS2/c1-14-7-6-11-5-3-9-12-13-10(16-9)4-8-15-2/h11H,3-8H2,1-2H3. The Balaban J connectivity index is 2.14. The van der Waals surface area contributed by atoms with Crippen LogP contribution in [0.4, 0.5) is 0 Å². The van der Waals surface area contributed by atoms with E-state index in [4.69, 9.17) is 4.74 Å². The molecular weight excluding hydrogens is 242 g/mol. The Bertz CT molecular complexity index is 281. The number of hydrogen-bond donors (Lipinski definition) is 1. The van der Waals surface area contributed by atoms with Gasteiger partial charge in [0.2, 0.25) is 0 Å². The lowest BCUT2D eigenvalue weighted by molar-refractivity contribution is 0.199. The Labute approximate surface area is 105 Å². The van der Waals surface area contributed by atoms with Crippen molar-refractivity contribution in [1.29, 1.82) is 0 Å². The summed E-state index contributed by atoms with van der Waals surface area (Å²) in [5, 5.41) is 13.9. The number of rotatable bonds is 9. The van der Waals surface area contributed by atoms with Gasteiger partial charge in [-0.25, -0.2) is 0 Å². The van der Waals surface area contributed by atoms with Crippen molar-refractivity contribution in [3.63, 3.8) is 0 Å². The number of aryl methyl sites for hydroxylation is 1. The van der Waals surface area contributed by atoms with Gasteiger partial charge in [-0.05, 0) is 12.0 Å². The molecule has 1 N–H and O–H groups in total. The van der Waals surface area contributed by atoms with Crippen molar-refractivity contribution < 1.29 is 4.74 Å². The van der Waals surface area contributed by atoms with Crippen molar-refractivity contribution in [2.75, 3.05) is 38.8 Å². The quantitative estimate of drug-likeness (QED) is 0.677. The maximum atomic E-state index is 4.95. The molecule has 0 bridgehead atoms. The summed E-state index contributed by atoms with van der Waals surface area (Å²) in [7, 11) is 1.71. The molecule has 16 heavy (non-hydrogen) atoms. The number of ether oxygens (including phenoxy) is 1. The first-order valence-electron chi connectivity index (χ1n) is 5.36. The second kappa shape index (κ2) is 8.92. The molecular formula is C10H19N3OS2. The number of nitrogens with zero attached hydrogens (tertiary/aromatic N) is 2. The first-order chi connectivity index (χ1) is 7.86. The van der Waals surface area contributed by atoms with Gasteiger partial charge < -0.3 is 10.1 Å². The van der Waals surface area contributed by atoms with Gasteiger partial charge in [0, 0.05) is 33.0 Å². The fraction of sp³-hybridized carbons (Fsp3) is 0.800. The van der Waals surface area contributed by atoms with Gasteiger partial charge in [0.25, 0.3) is 0 Å². The molecule has 4 nitrogen and oxygen atoms in total. The molecule has 1 rings (SSSR count). The van der Waals surface area contributed by atoms with Gasteiger partial charge in [-0.2, -0.15) is 11.8 Å². The van der Waals surface area contributed by atoms with Crippen LogP contribution < -0.4 is 5.32 Å². The first kappa shape index (κ1) is 13.9. The van der Waals surface area contributed by atoms with Crippen molar-refractivity contribution in [2.45, 2.75) is 12.8 Å². The molecule has 0 spiro atoms. The maximum absolute atomic E-state index is 4.95. The summed E-state index contributed by atoms with van der Waals surface area (Å²) < 4.78 is 4.95. The molecule has 0 atom stereocenters. The minimum atomic E-state index is 0.759. The summed E-state index contributed by atoms with van der Waals surface area (Å²) in [6, 6.07) is 0. The van der Waals surface area contributed by atoms with Crippen LogP contribution in [0.2, 0.25) is 0 Å². The monoisotopic (exact) mass is 261 g/mol. The molecule has 92 valence electrons. The first-order valence-corrected chi connectivity index (χ1v) is 7.57. The fourth-order valence-corrected chi connectivity index (χ4v) is 2.54. The van der Waals surface area contributed by atoms with Gasteiger partial charge in [-0.3, -0.25) is 0 Å². The van der Waals surface area contributed by atoms with E-state index in [9.17, 15) is 0 Å². The lowest BCUT2D eigenvalue weighted by atomic mass is 10.4. The average molecular weight is 261 g/mol. The summed E-state index contributed by atoms with van der Waals surface area (Å²) in [5.74, 6) is 1.13. The van der Waals surface area contributed by atoms with Crippen LogP contribution in [0.15, 0.2) is 0 Å². The molecule has 6 heteroatoms. The van der Waals surface area contributed by atoms with E-state index < -0.39 is 0 Å². The van der Waals surface area contributed by atoms with Crippen LogP contribution in [0.5, 0.6) is 0 Å². The molecule has 0 saturated heterocycles. The van der Waals surface area contributed by atoms with Crippen LogP contribution in [0.3, 0.4) is 0 Å². The molecule has 0 aliphatic rings. The van der Waals surface area contributed by atoms with E-state index in [2.05, 4.69) is 21.8 Å². The fourth-order valence-electron chi connectivity index (χ4n) is 1.17. The molecule has 0 fully saturated rings. The summed E-state index contributed by atoms with van der Waals surface area (Å²) >= 11 is 3.58. The lowest BCUT2D eigenvalue weighted by Gasteiger charge is -2.00. The third-order valence-electron chi connectivity index (χ3n) is 2.03. The lowest BCUT2D eigenvalue weighted by Crippen LogP contribution is -2.21. The minimum absolute atomic E-state index is 0.759. The summed E-state index contributed by atoms with van der Waals surface area (Å²) in [6.45, 7) is 2.60. The van der Waals surface area contributed by atoms with Crippen LogP contribution in [0.1, 0.15) is 10.0 Å². The van der Waals surface area contributed by atoms with E-state index in [0.717, 1.165) is 48.3 Å². The third-order valence-corrected chi connectivity index (χ3v) is 3.68. The van der Waals surface area contributed by atoms with Crippen molar-refractivity contribution in [1.82, 2.24) is 15.5 Å². The van der Waals surface area contributed by atoms with Gasteiger partial charge in [0.1, 0.15) is 10.0 Å². The third kappa shape index (κ3) is 5.79. The normalized spacial score (nSPS) is 10.9. The molecule has 0 radical (unpaired) electrons. The second-order valence-electron chi connectivity index (χ2n) is 3.33. The summed E-state index contributed by atoms with van der Waals surface area (Å²) in [6.07, 6.45) is 4.11. The van der Waals surface area contributed by atoms with Crippen LogP contribution >= 0.6 is 23.1 Å². The molecule has 1 aromatic rings. The molecule has 0 unspecified atom stereocenters. The van der Waals surface area contributed by atoms with Gasteiger partial charge >= 0.3 is 0 Å². The van der Waals surface area contributed by atoms with Gasteiger partial charge in [0.05, 0.1) is 6.61 Å². The van der Waals surface area contributed by atoms with Crippen molar-refractivity contribution >= 4 is 23.1 Å². The Morgan fingerprint density at radius 1 is 1.25 bits per heavy atom. The maximum Gasteiger partial charge on any atom is 0.118 e. The van der Waals surface area contributed by atoms with Crippen molar-refractivity contribution in [3.8, 4) is 0 Å². The highest BCUT2D eigenvalue weighted by atomic mass is 32.2. The van der Waals surface area contributed by atoms with E-state index in [1.807, 2.05) is 11.8 Å². The molecule has 0 aliphatic carbocycles. The summed E-state index contributed by atoms with van der Waals surface area (Å²) in [5.41, 5.74) is 0. The molecule has 0 amide bonds. The Kier molecular flexibility index (Phi) is 7.75. The highest BCUT2D eigenvalue weighted by Gasteiger charge is 2.03. The Hall–Kier alpha value is -0.170. The van der Waals surface area contributed by atoms with E-state index in [0.29, 0.717) is 0 Å². The zero-order valence-electron chi connectivity index (χ0n) is 9.86. The largest absolute Gasteiger partial charge is 0.383 e. The highest BCUT2D eigenvalue weighted by molar-refractivity contribution is 7.98. The molecule has 1 aromatic heterocycles. The van der Waals surface area contributed by atoms with Gasteiger partial charge in [-0.1, -0.05) is 0 Å². The van der Waals surface area contributed by atoms with Gasteiger partial charge in [-0.15, -0.1) is 21.5 Å². The van der Waals surface area contributed by atoms with Crippen LogP contribution in [0.25, 0.3) is 0 Å². The minimum Gasteiger partial charge on any atom is -0.383 e. The number of hydrogen-bond acceptors (Lipinski definition) is 6. The molecule has 0 saturated carbocycles. The molecule has 1 heterocycles. The topological polar surface area (TPSA) is 47.0 Å². The Morgan fingerprint density at radius 2 is 2.00 bits per heavy atom. The predicted molar refractivity (Wildman–Crippen MR) is 70.4 cm³/mol. The van der Waals surface area contributed by atoms with Crippen molar-refractivity contribution in [2.24, 2.45) is 0 Å².